The Hall–Kier alpha value is -3.34. The van der Waals surface area contributed by atoms with Gasteiger partial charge in [-0.1, -0.05) is 59.7 Å². The molecule has 2 aromatic carbocycles. The van der Waals surface area contributed by atoms with Gasteiger partial charge in [-0.05, 0) is 54.0 Å². The molecule has 0 aliphatic heterocycles. The van der Waals surface area contributed by atoms with Crippen LogP contribution in [0.1, 0.15) is 63.8 Å². The van der Waals surface area contributed by atoms with E-state index in [1.807, 2.05) is 16.7 Å². The van der Waals surface area contributed by atoms with Crippen molar-refractivity contribution in [2.75, 3.05) is 5.32 Å². The van der Waals surface area contributed by atoms with Crippen LogP contribution in [0.5, 0.6) is 5.75 Å². The standard InChI is InChI=1S/C28H34N4O/c1-17-11-9-12-18(2)22(17)30-25-23(31-26-29-13-10-14-32(25)26)19-15-20(27(3,4)5)24(33)21(16-19)28(6,7)8/h9-16,30,33H,1-8H3. The van der Waals surface area contributed by atoms with Gasteiger partial charge in [0.25, 0.3) is 0 Å². The summed E-state index contributed by atoms with van der Waals surface area (Å²) in [5, 5.41) is 14.9. The molecule has 2 aromatic heterocycles. The van der Waals surface area contributed by atoms with Crippen molar-refractivity contribution in [2.24, 2.45) is 0 Å². The summed E-state index contributed by atoms with van der Waals surface area (Å²) in [5.74, 6) is 1.86. The molecule has 2 heterocycles. The molecule has 4 aromatic rings. The zero-order valence-electron chi connectivity index (χ0n) is 20.9. The molecular weight excluding hydrogens is 408 g/mol. The number of aromatic nitrogens is 3. The van der Waals surface area contributed by atoms with Gasteiger partial charge in [0.15, 0.2) is 0 Å². The molecule has 33 heavy (non-hydrogen) atoms. The van der Waals surface area contributed by atoms with Crippen molar-refractivity contribution in [1.29, 1.82) is 0 Å². The average Bonchev–Trinajstić information content (AvgIpc) is 3.08. The number of nitrogens with zero attached hydrogens (tertiary/aromatic N) is 3. The number of hydrogen-bond donors (Lipinski definition) is 2. The summed E-state index contributed by atoms with van der Waals surface area (Å²) in [6, 6.07) is 12.3. The van der Waals surface area contributed by atoms with Crippen LogP contribution in [-0.4, -0.2) is 19.5 Å². The van der Waals surface area contributed by atoms with Gasteiger partial charge in [0.05, 0.1) is 0 Å². The maximum Gasteiger partial charge on any atom is 0.235 e. The molecule has 5 heteroatoms. The first-order valence-corrected chi connectivity index (χ1v) is 11.4. The van der Waals surface area contributed by atoms with Gasteiger partial charge in [-0.2, -0.15) is 0 Å². The van der Waals surface area contributed by atoms with Gasteiger partial charge in [-0.25, -0.2) is 9.97 Å². The molecule has 4 rings (SSSR count). The van der Waals surface area contributed by atoms with Crippen LogP contribution in [0.15, 0.2) is 48.8 Å². The van der Waals surface area contributed by atoms with Crippen molar-refractivity contribution < 1.29 is 5.11 Å². The second-order valence-electron chi connectivity index (χ2n) is 10.9. The summed E-state index contributed by atoms with van der Waals surface area (Å²) in [4.78, 5) is 9.42. The third-order valence-electron chi connectivity index (χ3n) is 6.13. The van der Waals surface area contributed by atoms with Crippen LogP contribution in [0.2, 0.25) is 0 Å². The predicted octanol–water partition coefficient (Wildman–Crippen LogP) is 7.06. The topological polar surface area (TPSA) is 62.5 Å². The summed E-state index contributed by atoms with van der Waals surface area (Å²) in [5.41, 5.74) is 6.54. The quantitative estimate of drug-likeness (QED) is 0.357. The molecule has 0 amide bonds. The molecular formula is C28H34N4O. The minimum Gasteiger partial charge on any atom is -0.507 e. The maximum absolute atomic E-state index is 11.2. The number of phenols is 1. The van der Waals surface area contributed by atoms with Crippen molar-refractivity contribution in [3.63, 3.8) is 0 Å². The number of aryl methyl sites for hydroxylation is 2. The molecule has 0 atom stereocenters. The van der Waals surface area contributed by atoms with Crippen LogP contribution in [0, 0.1) is 13.8 Å². The van der Waals surface area contributed by atoms with Gasteiger partial charge in [0, 0.05) is 34.8 Å². The SMILES string of the molecule is Cc1cccc(C)c1Nc1c(-c2cc(C(C)(C)C)c(O)c(C(C)(C)C)c2)nc2ncccn12. The molecule has 0 aliphatic carbocycles. The Morgan fingerprint density at radius 1 is 0.879 bits per heavy atom. The van der Waals surface area contributed by atoms with E-state index >= 15 is 0 Å². The molecule has 172 valence electrons. The fourth-order valence-corrected chi connectivity index (χ4v) is 4.25. The number of phenolic OH excluding ortho intramolecular Hbond substituents is 1. The number of benzene rings is 2. The van der Waals surface area contributed by atoms with Crippen LogP contribution >= 0.6 is 0 Å². The Balaban J connectivity index is 2.02. The van der Waals surface area contributed by atoms with Gasteiger partial charge in [-0.3, -0.25) is 4.40 Å². The fraction of sp³-hybridized carbons (Fsp3) is 0.357. The van der Waals surface area contributed by atoms with Gasteiger partial charge in [-0.15, -0.1) is 0 Å². The first kappa shape index (κ1) is 22.8. The summed E-state index contributed by atoms with van der Waals surface area (Å²) in [6.07, 6.45) is 3.73. The van der Waals surface area contributed by atoms with Crippen molar-refractivity contribution >= 4 is 17.3 Å². The normalized spacial score (nSPS) is 12.4. The van der Waals surface area contributed by atoms with Crippen LogP contribution in [-0.2, 0) is 10.8 Å². The highest BCUT2D eigenvalue weighted by Crippen LogP contribution is 2.43. The van der Waals surface area contributed by atoms with E-state index in [2.05, 4.69) is 96.0 Å². The second-order valence-corrected chi connectivity index (χ2v) is 10.9. The van der Waals surface area contributed by atoms with E-state index in [0.717, 1.165) is 45.0 Å². The molecule has 0 aliphatic rings. The highest BCUT2D eigenvalue weighted by Gasteiger charge is 2.28. The average molecular weight is 443 g/mol. The van der Waals surface area contributed by atoms with E-state index in [9.17, 15) is 5.11 Å². The number of hydrogen-bond acceptors (Lipinski definition) is 4. The number of rotatable bonds is 3. The van der Waals surface area contributed by atoms with Crippen LogP contribution in [0.25, 0.3) is 17.0 Å². The zero-order valence-corrected chi connectivity index (χ0v) is 20.9. The summed E-state index contributed by atoms with van der Waals surface area (Å²) >= 11 is 0. The number of nitrogens with one attached hydrogen (secondary N) is 1. The molecule has 0 saturated carbocycles. The number of fused-ring (bicyclic) bond motifs is 1. The van der Waals surface area contributed by atoms with Crippen LogP contribution in [0.3, 0.4) is 0 Å². The summed E-state index contributed by atoms with van der Waals surface area (Å²) < 4.78 is 1.99. The van der Waals surface area contributed by atoms with E-state index < -0.39 is 0 Å². The van der Waals surface area contributed by atoms with Crippen molar-refractivity contribution in [3.05, 3.63) is 71.0 Å². The highest BCUT2D eigenvalue weighted by atomic mass is 16.3. The van der Waals surface area contributed by atoms with Crippen LogP contribution < -0.4 is 5.32 Å². The number of aromatic hydroxyl groups is 1. The Bertz CT molecular complexity index is 1280. The van der Waals surface area contributed by atoms with Crippen LogP contribution in [0.4, 0.5) is 11.5 Å². The lowest BCUT2D eigenvalue weighted by Crippen LogP contribution is -2.17. The van der Waals surface area contributed by atoms with E-state index in [-0.39, 0.29) is 10.8 Å². The van der Waals surface area contributed by atoms with E-state index in [4.69, 9.17) is 4.98 Å². The molecule has 5 nitrogen and oxygen atoms in total. The van der Waals surface area contributed by atoms with Gasteiger partial charge in [0.1, 0.15) is 17.3 Å². The number of para-hydroxylation sites is 1. The largest absolute Gasteiger partial charge is 0.507 e. The molecule has 0 radical (unpaired) electrons. The third kappa shape index (κ3) is 4.20. The highest BCUT2D eigenvalue weighted by molar-refractivity contribution is 5.82. The fourth-order valence-electron chi connectivity index (χ4n) is 4.25. The molecule has 0 saturated heterocycles. The molecule has 0 bridgehead atoms. The minimum absolute atomic E-state index is 0.225. The lowest BCUT2D eigenvalue weighted by atomic mass is 9.78. The number of imidazole rings is 1. The van der Waals surface area contributed by atoms with Crippen molar-refractivity contribution in [3.8, 4) is 17.0 Å². The Kier molecular flexibility index (Phi) is 5.47. The van der Waals surface area contributed by atoms with E-state index in [1.54, 1.807) is 6.20 Å². The monoisotopic (exact) mass is 442 g/mol. The molecule has 0 spiro atoms. The van der Waals surface area contributed by atoms with Crippen molar-refractivity contribution in [2.45, 2.75) is 66.2 Å². The first-order chi connectivity index (χ1) is 15.4. The van der Waals surface area contributed by atoms with E-state index in [0.29, 0.717) is 11.5 Å². The maximum atomic E-state index is 11.2. The van der Waals surface area contributed by atoms with Gasteiger partial charge >= 0.3 is 0 Å². The summed E-state index contributed by atoms with van der Waals surface area (Å²) in [6.45, 7) is 17.0. The molecule has 2 N–H and O–H groups in total. The third-order valence-corrected chi connectivity index (χ3v) is 6.13. The second kappa shape index (κ2) is 7.91. The first-order valence-electron chi connectivity index (χ1n) is 11.4. The Morgan fingerprint density at radius 2 is 1.45 bits per heavy atom. The molecule has 0 unspecified atom stereocenters. The lowest BCUT2D eigenvalue weighted by Gasteiger charge is -2.28. The Morgan fingerprint density at radius 3 is 2.00 bits per heavy atom. The molecule has 0 fully saturated rings. The summed E-state index contributed by atoms with van der Waals surface area (Å²) in [7, 11) is 0. The Labute approximate surface area is 196 Å². The van der Waals surface area contributed by atoms with Crippen molar-refractivity contribution in [1.82, 2.24) is 14.4 Å². The van der Waals surface area contributed by atoms with E-state index in [1.165, 1.54) is 0 Å². The lowest BCUT2D eigenvalue weighted by molar-refractivity contribution is 0.423. The smallest absolute Gasteiger partial charge is 0.235 e. The van der Waals surface area contributed by atoms with Gasteiger partial charge in [0.2, 0.25) is 5.78 Å². The number of anilines is 2. The zero-order chi connectivity index (χ0) is 24.1. The predicted molar refractivity (Wildman–Crippen MR) is 137 cm³/mol. The minimum atomic E-state index is -0.225. The van der Waals surface area contributed by atoms with Gasteiger partial charge < -0.3 is 10.4 Å².